The molecule has 4 atom stereocenters. The van der Waals surface area contributed by atoms with E-state index in [-0.39, 0.29) is 23.7 Å². The zero-order valence-corrected chi connectivity index (χ0v) is 21.1. The predicted octanol–water partition coefficient (Wildman–Crippen LogP) is 5.89. The molecule has 0 saturated carbocycles. The molecule has 0 fully saturated rings. The fourth-order valence-corrected chi connectivity index (χ4v) is 4.45. The Hall–Kier alpha value is -0.883. The van der Waals surface area contributed by atoms with Gasteiger partial charge in [-0.05, 0) is 54.1 Å². The van der Waals surface area contributed by atoms with Crippen molar-refractivity contribution in [1.29, 1.82) is 0 Å². The van der Waals surface area contributed by atoms with Crippen molar-refractivity contribution < 1.29 is 19.0 Å². The molecular formula is C24H44O4Si. The third kappa shape index (κ3) is 8.40. The standard InChI is InChI=1S/C24H44O4Si/c1-18(16-28-29(8,9)24(4,5)6)14-19(2)23(20(3)15-25)27-17-21-10-12-22(26-7)13-11-21/h10-13,18-20,23,25H,14-17H2,1-9H3/t18-,19+,20+,23+/m1/s1. The summed E-state index contributed by atoms with van der Waals surface area (Å²) in [5, 5.41) is 9.97. The molecule has 0 heterocycles. The predicted molar refractivity (Wildman–Crippen MR) is 124 cm³/mol. The first-order valence-electron chi connectivity index (χ1n) is 10.9. The van der Waals surface area contributed by atoms with Crippen LogP contribution < -0.4 is 4.74 Å². The van der Waals surface area contributed by atoms with Crippen LogP contribution in [0.5, 0.6) is 5.75 Å². The number of aliphatic hydroxyl groups excluding tert-OH is 1. The summed E-state index contributed by atoms with van der Waals surface area (Å²) in [5.41, 5.74) is 1.11. The maximum absolute atomic E-state index is 9.74. The molecule has 0 spiro atoms. The van der Waals surface area contributed by atoms with Crippen molar-refractivity contribution in [3.05, 3.63) is 29.8 Å². The summed E-state index contributed by atoms with van der Waals surface area (Å²) in [6.07, 6.45) is 1.03. The van der Waals surface area contributed by atoms with Crippen molar-refractivity contribution in [2.24, 2.45) is 17.8 Å². The Balaban J connectivity index is 2.64. The van der Waals surface area contributed by atoms with E-state index in [4.69, 9.17) is 13.9 Å². The van der Waals surface area contributed by atoms with E-state index < -0.39 is 8.32 Å². The fourth-order valence-electron chi connectivity index (χ4n) is 3.31. The molecule has 5 heteroatoms. The number of benzene rings is 1. The maximum atomic E-state index is 9.74. The minimum Gasteiger partial charge on any atom is -0.497 e. The van der Waals surface area contributed by atoms with Gasteiger partial charge in [0.1, 0.15) is 5.75 Å². The average molecular weight is 425 g/mol. The van der Waals surface area contributed by atoms with Crippen LogP contribution >= 0.6 is 0 Å². The Bertz CT molecular complexity index is 580. The third-order valence-electron chi connectivity index (χ3n) is 6.32. The van der Waals surface area contributed by atoms with Crippen LogP contribution in [0.1, 0.15) is 53.5 Å². The first-order valence-corrected chi connectivity index (χ1v) is 13.8. The Labute approximate surface area is 180 Å². The van der Waals surface area contributed by atoms with Gasteiger partial charge in [0.2, 0.25) is 0 Å². The molecule has 1 N–H and O–H groups in total. The molecule has 0 radical (unpaired) electrons. The third-order valence-corrected chi connectivity index (χ3v) is 10.8. The van der Waals surface area contributed by atoms with Crippen LogP contribution in [0.2, 0.25) is 18.1 Å². The lowest BCUT2D eigenvalue weighted by Crippen LogP contribution is -2.42. The van der Waals surface area contributed by atoms with Crippen LogP contribution in [-0.2, 0) is 15.8 Å². The molecule has 0 bridgehead atoms. The smallest absolute Gasteiger partial charge is 0.191 e. The Morgan fingerprint density at radius 2 is 1.59 bits per heavy atom. The molecule has 0 amide bonds. The van der Waals surface area contributed by atoms with Crippen LogP contribution in [0.25, 0.3) is 0 Å². The van der Waals surface area contributed by atoms with Gasteiger partial charge in [0.25, 0.3) is 0 Å². The lowest BCUT2D eigenvalue weighted by Gasteiger charge is -2.37. The van der Waals surface area contributed by atoms with Gasteiger partial charge in [0, 0.05) is 19.1 Å². The number of methoxy groups -OCH3 is 1. The van der Waals surface area contributed by atoms with E-state index in [2.05, 4.69) is 54.6 Å². The first kappa shape index (κ1) is 26.2. The molecule has 1 aromatic carbocycles. The molecule has 0 saturated heterocycles. The summed E-state index contributed by atoms with van der Waals surface area (Å²) < 4.78 is 17.9. The first-order chi connectivity index (χ1) is 13.4. The quantitative estimate of drug-likeness (QED) is 0.425. The molecule has 0 aromatic heterocycles. The molecule has 29 heavy (non-hydrogen) atoms. The van der Waals surface area contributed by atoms with Crippen molar-refractivity contribution in [3.63, 3.8) is 0 Å². The van der Waals surface area contributed by atoms with E-state index in [1.807, 2.05) is 24.3 Å². The van der Waals surface area contributed by atoms with Crippen LogP contribution in [0.4, 0.5) is 0 Å². The lowest BCUT2D eigenvalue weighted by molar-refractivity contribution is -0.0475. The molecule has 0 aliphatic heterocycles. The van der Waals surface area contributed by atoms with Crippen molar-refractivity contribution in [3.8, 4) is 5.75 Å². The van der Waals surface area contributed by atoms with E-state index in [0.29, 0.717) is 18.4 Å². The average Bonchev–Trinajstić information content (AvgIpc) is 2.65. The topological polar surface area (TPSA) is 47.9 Å². The van der Waals surface area contributed by atoms with Gasteiger partial charge >= 0.3 is 0 Å². The van der Waals surface area contributed by atoms with E-state index in [0.717, 1.165) is 24.3 Å². The number of hydrogen-bond acceptors (Lipinski definition) is 4. The minimum absolute atomic E-state index is 0.0115. The molecule has 0 aliphatic rings. The SMILES string of the molecule is COc1ccc(CO[C@H]([C@@H](C)CO)[C@@H](C)C[C@@H](C)CO[Si](C)(C)C(C)(C)C)cc1. The normalized spacial score (nSPS) is 16.9. The van der Waals surface area contributed by atoms with Crippen LogP contribution in [0, 0.1) is 17.8 Å². The highest BCUT2D eigenvalue weighted by Crippen LogP contribution is 2.37. The summed E-state index contributed by atoms with van der Waals surface area (Å²) in [5.74, 6) is 1.74. The minimum atomic E-state index is -1.72. The highest BCUT2D eigenvalue weighted by molar-refractivity contribution is 6.74. The molecular weight excluding hydrogens is 380 g/mol. The van der Waals surface area contributed by atoms with Crippen molar-refractivity contribution in [1.82, 2.24) is 0 Å². The second kappa shape index (κ2) is 11.5. The van der Waals surface area contributed by atoms with Gasteiger partial charge in [-0.3, -0.25) is 0 Å². The molecule has 1 aromatic rings. The summed E-state index contributed by atoms with van der Waals surface area (Å²) in [4.78, 5) is 0. The van der Waals surface area contributed by atoms with Gasteiger partial charge in [-0.25, -0.2) is 0 Å². The van der Waals surface area contributed by atoms with Gasteiger partial charge in [-0.1, -0.05) is 53.7 Å². The summed E-state index contributed by atoms with van der Waals surface area (Å²) in [7, 11) is -0.0545. The monoisotopic (exact) mass is 424 g/mol. The van der Waals surface area contributed by atoms with Gasteiger partial charge in [0.15, 0.2) is 8.32 Å². The van der Waals surface area contributed by atoms with Crippen molar-refractivity contribution in [2.45, 2.75) is 78.8 Å². The Morgan fingerprint density at radius 3 is 2.07 bits per heavy atom. The van der Waals surface area contributed by atoms with Gasteiger partial charge in [0.05, 0.1) is 19.8 Å². The number of hydrogen-bond donors (Lipinski definition) is 1. The van der Waals surface area contributed by atoms with Crippen molar-refractivity contribution in [2.75, 3.05) is 20.3 Å². The van der Waals surface area contributed by atoms with Gasteiger partial charge in [-0.15, -0.1) is 0 Å². The molecule has 0 unspecified atom stereocenters. The summed E-state index contributed by atoms with van der Waals surface area (Å²) in [6, 6.07) is 7.96. The second-order valence-corrected chi connectivity index (χ2v) is 15.0. The highest BCUT2D eigenvalue weighted by atomic mass is 28.4. The highest BCUT2D eigenvalue weighted by Gasteiger charge is 2.37. The molecule has 0 aliphatic carbocycles. The van der Waals surface area contributed by atoms with Crippen molar-refractivity contribution >= 4 is 8.32 Å². The summed E-state index contributed by atoms with van der Waals surface area (Å²) in [6.45, 7) is 19.4. The zero-order chi connectivity index (χ0) is 22.2. The second-order valence-electron chi connectivity index (χ2n) is 10.2. The summed E-state index contributed by atoms with van der Waals surface area (Å²) >= 11 is 0. The largest absolute Gasteiger partial charge is 0.497 e. The van der Waals surface area contributed by atoms with E-state index in [1.165, 1.54) is 0 Å². The maximum Gasteiger partial charge on any atom is 0.191 e. The molecule has 168 valence electrons. The number of aliphatic hydroxyl groups is 1. The van der Waals surface area contributed by atoms with Crippen LogP contribution in [-0.4, -0.2) is 39.9 Å². The fraction of sp³-hybridized carbons (Fsp3) is 0.750. The number of rotatable bonds is 12. The van der Waals surface area contributed by atoms with E-state index in [1.54, 1.807) is 7.11 Å². The van der Waals surface area contributed by atoms with E-state index in [9.17, 15) is 5.11 Å². The molecule has 1 rings (SSSR count). The Kier molecular flexibility index (Phi) is 10.4. The van der Waals surface area contributed by atoms with Gasteiger partial charge < -0.3 is 19.0 Å². The number of ether oxygens (including phenoxy) is 2. The Morgan fingerprint density at radius 1 is 1.00 bits per heavy atom. The lowest BCUT2D eigenvalue weighted by atomic mass is 9.87. The van der Waals surface area contributed by atoms with Crippen LogP contribution in [0.15, 0.2) is 24.3 Å². The van der Waals surface area contributed by atoms with Gasteiger partial charge in [-0.2, -0.15) is 0 Å². The molecule has 4 nitrogen and oxygen atoms in total. The van der Waals surface area contributed by atoms with E-state index >= 15 is 0 Å². The zero-order valence-electron chi connectivity index (χ0n) is 20.1. The van der Waals surface area contributed by atoms with Crippen LogP contribution in [0.3, 0.4) is 0 Å².